The molecule has 0 radical (unpaired) electrons. The smallest absolute Gasteiger partial charge is 0.399 e. The number of ether oxygens (including phenoxy) is 1. The normalized spacial score (nSPS) is 26.6. The first-order chi connectivity index (χ1) is 19.9. The van der Waals surface area contributed by atoms with Crippen LogP contribution in [0, 0.1) is 46.8 Å². The molecule has 0 N–H and O–H groups in total. The molecule has 5 rings (SSSR count). The second-order valence-electron chi connectivity index (χ2n) is 12.7. The number of alkyl halides is 3. The van der Waals surface area contributed by atoms with Gasteiger partial charge in [0.15, 0.2) is 23.3 Å². The van der Waals surface area contributed by atoms with E-state index in [9.17, 15) is 22.0 Å². The maximum absolute atomic E-state index is 15.7. The summed E-state index contributed by atoms with van der Waals surface area (Å²) < 4.78 is 116. The van der Waals surface area contributed by atoms with E-state index in [2.05, 4.69) is 11.7 Å². The monoisotopic (exact) mass is 602 g/mol. The molecule has 1 unspecified atom stereocenters. The van der Waals surface area contributed by atoms with Crippen LogP contribution in [0.1, 0.15) is 118 Å². The minimum atomic E-state index is -5.24. The third-order valence-electron chi connectivity index (χ3n) is 10.2. The summed E-state index contributed by atoms with van der Waals surface area (Å²) in [5.74, 6) is -6.53. The third-order valence-corrected chi connectivity index (χ3v) is 10.2. The fraction of sp³-hybridized carbons (Fsp3) is 0.636. The largest absolute Gasteiger partial charge is 0.573 e. The molecule has 42 heavy (non-hydrogen) atoms. The highest BCUT2D eigenvalue weighted by Gasteiger charge is 2.37. The van der Waals surface area contributed by atoms with E-state index in [0.29, 0.717) is 31.6 Å². The van der Waals surface area contributed by atoms with Crippen molar-refractivity contribution >= 4 is 0 Å². The number of halogens is 8. The Morgan fingerprint density at radius 1 is 0.667 bits per heavy atom. The fourth-order valence-corrected chi connectivity index (χ4v) is 7.74. The number of benzene rings is 2. The van der Waals surface area contributed by atoms with Crippen LogP contribution in [0.4, 0.5) is 35.1 Å². The van der Waals surface area contributed by atoms with Gasteiger partial charge in [0.2, 0.25) is 5.75 Å². The van der Waals surface area contributed by atoms with Gasteiger partial charge in [0.05, 0.1) is 0 Å². The zero-order valence-electron chi connectivity index (χ0n) is 23.9. The van der Waals surface area contributed by atoms with Gasteiger partial charge in [-0.2, -0.15) is 0 Å². The van der Waals surface area contributed by atoms with Crippen LogP contribution in [0.25, 0.3) is 0 Å². The van der Waals surface area contributed by atoms with Crippen molar-refractivity contribution < 1.29 is 39.9 Å². The van der Waals surface area contributed by atoms with E-state index >= 15 is 13.2 Å². The van der Waals surface area contributed by atoms with Gasteiger partial charge in [0.1, 0.15) is 5.82 Å². The summed E-state index contributed by atoms with van der Waals surface area (Å²) in [4.78, 5) is 0. The highest BCUT2D eigenvalue weighted by Crippen LogP contribution is 2.46. The summed E-state index contributed by atoms with van der Waals surface area (Å²) in [5, 5.41) is 0. The predicted octanol–water partition coefficient (Wildman–Crippen LogP) is 10.8. The second-order valence-corrected chi connectivity index (χ2v) is 12.7. The third kappa shape index (κ3) is 6.75. The average Bonchev–Trinajstić information content (AvgIpc) is 2.97. The Hall–Kier alpha value is -2.32. The van der Waals surface area contributed by atoms with Crippen LogP contribution < -0.4 is 4.74 Å². The molecule has 2 saturated carbocycles. The van der Waals surface area contributed by atoms with Crippen LogP contribution in [-0.2, 0) is 12.8 Å². The molecule has 232 valence electrons. The molecule has 2 fully saturated rings. The van der Waals surface area contributed by atoms with Crippen molar-refractivity contribution in [1.29, 1.82) is 0 Å². The van der Waals surface area contributed by atoms with E-state index in [1.165, 1.54) is 32.1 Å². The Bertz CT molecular complexity index is 1230. The van der Waals surface area contributed by atoms with E-state index in [-0.39, 0.29) is 41.0 Å². The molecular weight excluding hydrogens is 564 g/mol. The van der Waals surface area contributed by atoms with Gasteiger partial charge in [0, 0.05) is 5.56 Å². The number of hydrogen-bond acceptors (Lipinski definition) is 1. The van der Waals surface area contributed by atoms with Gasteiger partial charge in [-0.3, -0.25) is 0 Å². The molecule has 3 aliphatic carbocycles. The van der Waals surface area contributed by atoms with Crippen LogP contribution in [0.2, 0.25) is 0 Å². The maximum atomic E-state index is 15.7. The Balaban J connectivity index is 1.23. The summed E-state index contributed by atoms with van der Waals surface area (Å²) in [5.41, 5.74) is 0.345. The Kier molecular flexibility index (Phi) is 9.43. The van der Waals surface area contributed by atoms with Crippen molar-refractivity contribution in [1.82, 2.24) is 0 Å². The van der Waals surface area contributed by atoms with Crippen molar-refractivity contribution in [3.63, 3.8) is 0 Å². The summed E-state index contributed by atoms with van der Waals surface area (Å²) in [6, 6.07) is 1.61. The van der Waals surface area contributed by atoms with E-state index in [1.54, 1.807) is 0 Å². The first kappa shape index (κ1) is 31.1. The lowest BCUT2D eigenvalue weighted by Gasteiger charge is -2.33. The van der Waals surface area contributed by atoms with Gasteiger partial charge in [0.25, 0.3) is 0 Å². The minimum absolute atomic E-state index is 0.153. The van der Waals surface area contributed by atoms with Crippen LogP contribution in [-0.4, -0.2) is 6.36 Å². The highest BCUT2D eigenvalue weighted by molar-refractivity contribution is 5.41. The van der Waals surface area contributed by atoms with E-state index < -0.39 is 53.0 Å². The van der Waals surface area contributed by atoms with Crippen molar-refractivity contribution in [2.45, 2.75) is 115 Å². The number of rotatable bonds is 7. The molecule has 0 spiro atoms. The SMILES string of the molecule is CCC1CCC(CCC2CCc3c(F)c(C4CCC(c5cc(F)c(OC(F)(F)F)c(F)c5)CC4)c(F)c(F)c3C2)CC1. The molecule has 0 heterocycles. The van der Waals surface area contributed by atoms with Gasteiger partial charge in [-0.25, -0.2) is 22.0 Å². The minimum Gasteiger partial charge on any atom is -0.399 e. The fourth-order valence-electron chi connectivity index (χ4n) is 7.74. The molecule has 2 aromatic rings. The van der Waals surface area contributed by atoms with E-state index in [0.717, 1.165) is 37.3 Å². The molecule has 1 atom stereocenters. The summed E-state index contributed by atoms with van der Waals surface area (Å²) in [7, 11) is 0. The molecule has 9 heteroatoms. The van der Waals surface area contributed by atoms with Crippen molar-refractivity contribution in [3.8, 4) is 5.75 Å². The van der Waals surface area contributed by atoms with E-state index in [1.807, 2.05) is 0 Å². The molecule has 0 saturated heterocycles. The molecule has 0 aliphatic heterocycles. The molecule has 2 aromatic carbocycles. The predicted molar refractivity (Wildman–Crippen MR) is 144 cm³/mol. The van der Waals surface area contributed by atoms with E-state index in [4.69, 9.17) is 0 Å². The van der Waals surface area contributed by atoms with Crippen molar-refractivity contribution in [2.24, 2.45) is 17.8 Å². The molecule has 0 amide bonds. The Morgan fingerprint density at radius 3 is 1.83 bits per heavy atom. The van der Waals surface area contributed by atoms with Crippen LogP contribution in [0.5, 0.6) is 5.75 Å². The lowest BCUT2D eigenvalue weighted by atomic mass is 9.73. The molecular formula is C33H38F8O. The Morgan fingerprint density at radius 2 is 1.24 bits per heavy atom. The topological polar surface area (TPSA) is 9.23 Å². The molecule has 3 aliphatic rings. The van der Waals surface area contributed by atoms with Gasteiger partial charge in [-0.05, 0) is 110 Å². The standard InChI is InChI=1S/C33H38F8O/c1-2-18-3-5-19(6-4-18)7-8-20-9-14-24-25(15-20)30(37)31(38)28(29(24)36)22-12-10-21(11-13-22)23-16-26(34)32(27(35)17-23)42-33(39,40)41/h16-22H,2-15H2,1H3. The van der Waals surface area contributed by atoms with Crippen LogP contribution >= 0.6 is 0 Å². The van der Waals surface area contributed by atoms with Gasteiger partial charge >= 0.3 is 6.36 Å². The average molecular weight is 603 g/mol. The van der Waals surface area contributed by atoms with Crippen LogP contribution in [0.15, 0.2) is 12.1 Å². The molecule has 1 nitrogen and oxygen atoms in total. The highest BCUT2D eigenvalue weighted by atomic mass is 19.4. The lowest BCUT2D eigenvalue weighted by molar-refractivity contribution is -0.276. The zero-order chi connectivity index (χ0) is 30.2. The van der Waals surface area contributed by atoms with Crippen molar-refractivity contribution in [2.75, 3.05) is 0 Å². The summed E-state index contributed by atoms with van der Waals surface area (Å²) in [6.07, 6.45) is 5.56. The lowest BCUT2D eigenvalue weighted by Crippen LogP contribution is -2.23. The maximum Gasteiger partial charge on any atom is 0.573 e. The molecule has 0 aromatic heterocycles. The summed E-state index contributed by atoms with van der Waals surface area (Å²) >= 11 is 0. The first-order valence-electron chi connectivity index (χ1n) is 15.4. The Labute approximate surface area is 242 Å². The number of fused-ring (bicyclic) bond motifs is 1. The first-order valence-corrected chi connectivity index (χ1v) is 15.4. The number of hydrogen-bond donors (Lipinski definition) is 0. The van der Waals surface area contributed by atoms with Crippen LogP contribution in [0.3, 0.4) is 0 Å². The van der Waals surface area contributed by atoms with Gasteiger partial charge < -0.3 is 4.74 Å². The molecule has 0 bridgehead atoms. The van der Waals surface area contributed by atoms with Gasteiger partial charge in [-0.15, -0.1) is 13.2 Å². The zero-order valence-corrected chi connectivity index (χ0v) is 23.9. The second kappa shape index (κ2) is 12.7. The van der Waals surface area contributed by atoms with Crippen molar-refractivity contribution in [3.05, 3.63) is 63.5 Å². The van der Waals surface area contributed by atoms with Gasteiger partial charge in [-0.1, -0.05) is 45.4 Å². The quantitative estimate of drug-likeness (QED) is 0.226. The summed E-state index contributed by atoms with van der Waals surface area (Å²) in [6.45, 7) is 2.24.